The minimum atomic E-state index is 0. The van der Waals surface area contributed by atoms with Crippen LogP contribution in [0, 0.1) is 0 Å². The van der Waals surface area contributed by atoms with Gasteiger partial charge in [0, 0.05) is 44.1 Å². The summed E-state index contributed by atoms with van der Waals surface area (Å²) in [5, 5.41) is 11.9. The molecule has 18 heavy (non-hydrogen) atoms. The number of hydrogen-bond acceptors (Lipinski definition) is 3. The molecule has 5 nitrogen and oxygen atoms in total. The maximum Gasteiger partial charge on any atom is 0.0534 e. The third-order valence-corrected chi connectivity index (χ3v) is 2.75. The molecule has 0 saturated carbocycles. The lowest BCUT2D eigenvalue weighted by Crippen LogP contribution is -2.15. The standard InChI is InChI=1S/C12H19N5.ClH/c1-3-16-10-11(8-15-16)7-13-9-12-5-6-14-17(12)4-2;/h5-6,8,10,13H,3-4,7,9H2,1-2H3;1H. The Kier molecular flexibility index (Phi) is 5.88. The van der Waals surface area contributed by atoms with Gasteiger partial charge < -0.3 is 5.32 Å². The molecule has 2 heterocycles. The molecule has 0 unspecified atom stereocenters. The van der Waals surface area contributed by atoms with Gasteiger partial charge in [-0.3, -0.25) is 9.36 Å². The highest BCUT2D eigenvalue weighted by atomic mass is 35.5. The highest BCUT2D eigenvalue weighted by Crippen LogP contribution is 2.01. The van der Waals surface area contributed by atoms with Crippen molar-refractivity contribution in [2.24, 2.45) is 0 Å². The van der Waals surface area contributed by atoms with Gasteiger partial charge >= 0.3 is 0 Å². The number of nitrogens with zero attached hydrogens (tertiary/aromatic N) is 4. The highest BCUT2D eigenvalue weighted by Gasteiger charge is 2.01. The topological polar surface area (TPSA) is 47.7 Å². The Labute approximate surface area is 114 Å². The van der Waals surface area contributed by atoms with Crippen molar-refractivity contribution >= 4 is 12.4 Å². The summed E-state index contributed by atoms with van der Waals surface area (Å²) >= 11 is 0. The lowest BCUT2D eigenvalue weighted by molar-refractivity contribution is 0.581. The van der Waals surface area contributed by atoms with Gasteiger partial charge in [0.05, 0.1) is 11.9 Å². The first-order valence-electron chi connectivity index (χ1n) is 6.06. The predicted octanol–water partition coefficient (Wildman–Crippen LogP) is 1.83. The van der Waals surface area contributed by atoms with Crippen LogP contribution in [0.1, 0.15) is 25.1 Å². The Morgan fingerprint density at radius 3 is 2.67 bits per heavy atom. The van der Waals surface area contributed by atoms with Gasteiger partial charge in [-0.05, 0) is 19.9 Å². The molecule has 1 N–H and O–H groups in total. The second-order valence-corrected chi connectivity index (χ2v) is 3.95. The molecule has 0 radical (unpaired) electrons. The summed E-state index contributed by atoms with van der Waals surface area (Å²) in [6, 6.07) is 2.05. The van der Waals surface area contributed by atoms with Crippen LogP contribution in [0.15, 0.2) is 24.7 Å². The van der Waals surface area contributed by atoms with Gasteiger partial charge in [-0.15, -0.1) is 12.4 Å². The number of rotatable bonds is 6. The third kappa shape index (κ3) is 3.58. The van der Waals surface area contributed by atoms with E-state index < -0.39 is 0 Å². The largest absolute Gasteiger partial charge is 0.307 e. The SMILES string of the molecule is CCn1cc(CNCc2ccnn2CC)cn1.Cl. The van der Waals surface area contributed by atoms with Crippen LogP contribution < -0.4 is 5.32 Å². The van der Waals surface area contributed by atoms with Crippen molar-refractivity contribution < 1.29 is 0 Å². The van der Waals surface area contributed by atoms with Crippen molar-refractivity contribution in [2.75, 3.05) is 0 Å². The van der Waals surface area contributed by atoms with Crippen LogP contribution in [0.3, 0.4) is 0 Å². The molecule has 0 atom stereocenters. The summed E-state index contributed by atoms with van der Waals surface area (Å²) < 4.78 is 3.94. The molecule has 0 amide bonds. The molecule has 6 heteroatoms. The number of halogens is 1. The van der Waals surface area contributed by atoms with Gasteiger partial charge in [0.25, 0.3) is 0 Å². The van der Waals surface area contributed by atoms with Gasteiger partial charge in [0.1, 0.15) is 0 Å². The second kappa shape index (κ2) is 7.18. The second-order valence-electron chi connectivity index (χ2n) is 3.95. The zero-order valence-electron chi connectivity index (χ0n) is 10.8. The molecule has 0 aliphatic heterocycles. The van der Waals surface area contributed by atoms with E-state index in [9.17, 15) is 0 Å². The normalized spacial score (nSPS) is 10.3. The Morgan fingerprint density at radius 2 is 2.00 bits per heavy atom. The minimum absolute atomic E-state index is 0. The summed E-state index contributed by atoms with van der Waals surface area (Å²) in [7, 11) is 0. The molecule has 0 fully saturated rings. The van der Waals surface area contributed by atoms with Crippen molar-refractivity contribution in [3.63, 3.8) is 0 Å². The number of nitrogens with one attached hydrogen (secondary N) is 1. The number of aromatic nitrogens is 4. The van der Waals surface area contributed by atoms with Crippen molar-refractivity contribution in [1.29, 1.82) is 0 Å². The van der Waals surface area contributed by atoms with E-state index in [0.29, 0.717) is 0 Å². The molecule has 0 aliphatic rings. The average molecular weight is 270 g/mol. The smallest absolute Gasteiger partial charge is 0.0534 e. The van der Waals surface area contributed by atoms with E-state index in [4.69, 9.17) is 0 Å². The molecule has 2 aromatic rings. The fourth-order valence-electron chi connectivity index (χ4n) is 1.80. The van der Waals surface area contributed by atoms with Crippen LogP contribution in [0.25, 0.3) is 0 Å². The maximum absolute atomic E-state index is 4.24. The fraction of sp³-hybridized carbons (Fsp3) is 0.500. The first kappa shape index (κ1) is 14.7. The molecule has 100 valence electrons. The lowest BCUT2D eigenvalue weighted by Gasteiger charge is -2.05. The molecular formula is C12H20ClN5. The fourth-order valence-corrected chi connectivity index (χ4v) is 1.80. The van der Waals surface area contributed by atoms with Crippen molar-refractivity contribution in [3.05, 3.63) is 35.9 Å². The number of aryl methyl sites for hydroxylation is 2. The Bertz CT molecular complexity index is 462. The number of hydrogen-bond donors (Lipinski definition) is 1. The van der Waals surface area contributed by atoms with Gasteiger partial charge in [-0.25, -0.2) is 0 Å². The van der Waals surface area contributed by atoms with Crippen LogP contribution in [0.5, 0.6) is 0 Å². The van der Waals surface area contributed by atoms with Gasteiger partial charge in [0.2, 0.25) is 0 Å². The van der Waals surface area contributed by atoms with E-state index in [2.05, 4.69) is 35.6 Å². The van der Waals surface area contributed by atoms with E-state index in [1.165, 1.54) is 11.3 Å². The summed E-state index contributed by atoms with van der Waals surface area (Å²) in [5.41, 5.74) is 2.43. The van der Waals surface area contributed by atoms with Crippen LogP contribution in [-0.2, 0) is 26.2 Å². The van der Waals surface area contributed by atoms with E-state index in [1.807, 2.05) is 27.8 Å². The summed E-state index contributed by atoms with van der Waals surface area (Å²) in [6.07, 6.45) is 5.83. The van der Waals surface area contributed by atoms with E-state index in [1.54, 1.807) is 0 Å². The van der Waals surface area contributed by atoms with Crippen LogP contribution in [0.2, 0.25) is 0 Å². The zero-order chi connectivity index (χ0) is 12.1. The Hall–Kier alpha value is -1.33. The maximum atomic E-state index is 4.24. The molecule has 0 spiro atoms. The first-order chi connectivity index (χ1) is 8.33. The predicted molar refractivity (Wildman–Crippen MR) is 73.6 cm³/mol. The summed E-state index contributed by atoms with van der Waals surface area (Å²) in [6.45, 7) is 7.70. The summed E-state index contributed by atoms with van der Waals surface area (Å²) in [4.78, 5) is 0. The molecule has 0 bridgehead atoms. The van der Waals surface area contributed by atoms with Crippen LogP contribution >= 0.6 is 12.4 Å². The monoisotopic (exact) mass is 269 g/mol. The molecule has 0 aromatic carbocycles. The third-order valence-electron chi connectivity index (χ3n) is 2.75. The first-order valence-corrected chi connectivity index (χ1v) is 6.06. The van der Waals surface area contributed by atoms with E-state index >= 15 is 0 Å². The summed E-state index contributed by atoms with van der Waals surface area (Å²) in [5.74, 6) is 0. The van der Waals surface area contributed by atoms with Gasteiger partial charge in [0.15, 0.2) is 0 Å². The Balaban J connectivity index is 0.00000162. The molecule has 0 saturated heterocycles. The molecule has 0 aliphatic carbocycles. The van der Waals surface area contributed by atoms with E-state index in [0.717, 1.165) is 26.2 Å². The van der Waals surface area contributed by atoms with Crippen LogP contribution in [0.4, 0.5) is 0 Å². The van der Waals surface area contributed by atoms with E-state index in [-0.39, 0.29) is 12.4 Å². The lowest BCUT2D eigenvalue weighted by atomic mass is 10.3. The van der Waals surface area contributed by atoms with Crippen LogP contribution in [-0.4, -0.2) is 19.6 Å². The minimum Gasteiger partial charge on any atom is -0.307 e. The van der Waals surface area contributed by atoms with Crippen molar-refractivity contribution in [1.82, 2.24) is 24.9 Å². The molecular weight excluding hydrogens is 250 g/mol. The molecule has 2 aromatic heterocycles. The van der Waals surface area contributed by atoms with Crippen molar-refractivity contribution in [3.8, 4) is 0 Å². The van der Waals surface area contributed by atoms with Crippen molar-refractivity contribution in [2.45, 2.75) is 40.0 Å². The molecule has 2 rings (SSSR count). The Morgan fingerprint density at radius 1 is 1.17 bits per heavy atom. The average Bonchev–Trinajstić information content (AvgIpc) is 2.97. The van der Waals surface area contributed by atoms with Gasteiger partial charge in [-0.1, -0.05) is 0 Å². The van der Waals surface area contributed by atoms with Gasteiger partial charge in [-0.2, -0.15) is 10.2 Å². The quantitative estimate of drug-likeness (QED) is 0.870. The highest BCUT2D eigenvalue weighted by molar-refractivity contribution is 5.85. The zero-order valence-corrected chi connectivity index (χ0v) is 11.7.